The molecule has 0 aromatic carbocycles. The van der Waals surface area contributed by atoms with Crippen LogP contribution < -0.4 is 0 Å². The number of likely N-dealkylation sites (N-methyl/N-ethyl adjacent to an activating group) is 1. The molecule has 1 aliphatic rings. The second-order valence-electron chi connectivity index (χ2n) is 3.13. The van der Waals surface area contributed by atoms with Crippen LogP contribution in [-0.4, -0.2) is 56.5 Å². The van der Waals surface area contributed by atoms with Crippen LogP contribution in [0.2, 0.25) is 0 Å². The van der Waals surface area contributed by atoms with Gasteiger partial charge in [0.05, 0.1) is 0 Å². The summed E-state index contributed by atoms with van der Waals surface area (Å²) in [5, 5.41) is 2.09. The highest BCUT2D eigenvalue weighted by molar-refractivity contribution is 7.50. The first-order valence-electron chi connectivity index (χ1n) is 3.97. The van der Waals surface area contributed by atoms with E-state index < -0.39 is 0 Å². The van der Waals surface area contributed by atoms with E-state index in [1.54, 1.807) is 0 Å². The molecular formula is C7H17N2OP. The van der Waals surface area contributed by atoms with Crippen LogP contribution in [0.3, 0.4) is 0 Å². The third-order valence-corrected chi connectivity index (χ3v) is 2.30. The van der Waals surface area contributed by atoms with E-state index in [1.807, 2.05) is 0 Å². The minimum Gasteiger partial charge on any atom is -0.304 e. The number of nitrogens with zero attached hydrogens (tertiary/aromatic N) is 2. The van der Waals surface area contributed by atoms with E-state index in [4.69, 9.17) is 4.62 Å². The fourth-order valence-electron chi connectivity index (χ4n) is 1.10. The van der Waals surface area contributed by atoms with Crippen LogP contribution in [0.25, 0.3) is 0 Å². The number of hydrogen-bond donors (Lipinski definition) is 0. The molecule has 11 heavy (non-hydrogen) atoms. The van der Waals surface area contributed by atoms with Crippen LogP contribution in [0, 0.1) is 0 Å². The normalized spacial score (nSPS) is 22.9. The Kier molecular flexibility index (Phi) is 3.73. The van der Waals surface area contributed by atoms with Crippen molar-refractivity contribution in [2.75, 3.05) is 46.6 Å². The maximum Gasteiger partial charge on any atom is 0.0485 e. The Morgan fingerprint density at radius 1 is 1.09 bits per heavy atom. The summed E-state index contributed by atoms with van der Waals surface area (Å²) in [4.78, 5) is 2.33. The lowest BCUT2D eigenvalue weighted by molar-refractivity contribution is -0.0747. The molecule has 66 valence electrons. The second kappa shape index (κ2) is 4.36. The molecule has 1 aliphatic heterocycles. The lowest BCUT2D eigenvalue weighted by atomic mass is 10.4. The monoisotopic (exact) mass is 176 g/mol. The van der Waals surface area contributed by atoms with Crippen LogP contribution in [0.5, 0.6) is 0 Å². The van der Waals surface area contributed by atoms with Crippen LogP contribution in [-0.2, 0) is 4.62 Å². The molecule has 0 N–H and O–H groups in total. The van der Waals surface area contributed by atoms with Gasteiger partial charge in [-0.15, -0.1) is 0 Å². The first-order valence-corrected chi connectivity index (χ1v) is 6.13. The second-order valence-corrected chi connectivity index (χ2v) is 4.91. The van der Waals surface area contributed by atoms with E-state index >= 15 is 0 Å². The molecule has 0 amide bonds. The number of hydroxylamine groups is 2. The van der Waals surface area contributed by atoms with E-state index in [1.165, 1.54) is 0 Å². The Labute approximate surface area is 70.1 Å². The van der Waals surface area contributed by atoms with Gasteiger partial charge in [0.1, 0.15) is 0 Å². The Bertz CT molecular complexity index is 113. The van der Waals surface area contributed by atoms with E-state index in [2.05, 4.69) is 30.3 Å². The molecule has 0 atom stereocenters. The lowest BCUT2D eigenvalue weighted by Gasteiger charge is -2.32. The summed E-state index contributed by atoms with van der Waals surface area (Å²) in [6, 6.07) is 0. The minimum atomic E-state index is -0.230. The van der Waals surface area contributed by atoms with Gasteiger partial charge in [0, 0.05) is 34.3 Å². The molecule has 0 unspecified atom stereocenters. The van der Waals surface area contributed by atoms with Gasteiger partial charge >= 0.3 is 0 Å². The molecule has 0 aromatic rings. The molecule has 0 bridgehead atoms. The zero-order valence-corrected chi connectivity index (χ0v) is 8.47. The summed E-state index contributed by atoms with van der Waals surface area (Å²) in [6.07, 6.45) is 0. The van der Waals surface area contributed by atoms with Gasteiger partial charge in [0.2, 0.25) is 0 Å². The maximum absolute atomic E-state index is 5.61. The fraction of sp³-hybridized carbons (Fsp3) is 1.00. The van der Waals surface area contributed by atoms with Gasteiger partial charge in [0.25, 0.3) is 0 Å². The van der Waals surface area contributed by atoms with Crippen molar-refractivity contribution in [2.45, 2.75) is 0 Å². The minimum absolute atomic E-state index is 0.230. The van der Waals surface area contributed by atoms with E-state index in [0.717, 1.165) is 26.2 Å². The van der Waals surface area contributed by atoms with Gasteiger partial charge in [0.15, 0.2) is 0 Å². The van der Waals surface area contributed by atoms with E-state index in [0.29, 0.717) is 0 Å². The summed E-state index contributed by atoms with van der Waals surface area (Å²) in [7, 11) is 1.92. The summed E-state index contributed by atoms with van der Waals surface area (Å²) < 4.78 is 5.61. The smallest absolute Gasteiger partial charge is 0.0485 e. The topological polar surface area (TPSA) is 15.7 Å². The van der Waals surface area contributed by atoms with Gasteiger partial charge in [-0.1, -0.05) is 0 Å². The number of piperazine rings is 1. The first kappa shape index (κ1) is 9.40. The number of rotatable bonds is 2. The van der Waals surface area contributed by atoms with Crippen molar-refractivity contribution in [1.82, 2.24) is 9.96 Å². The quantitative estimate of drug-likeness (QED) is 0.579. The van der Waals surface area contributed by atoms with Crippen LogP contribution in [0.1, 0.15) is 0 Å². The molecule has 1 heterocycles. The van der Waals surface area contributed by atoms with Crippen molar-refractivity contribution in [2.24, 2.45) is 0 Å². The first-order chi connectivity index (χ1) is 5.18. The van der Waals surface area contributed by atoms with E-state index in [-0.39, 0.29) is 8.15 Å². The Morgan fingerprint density at radius 2 is 1.64 bits per heavy atom. The average molecular weight is 176 g/mol. The Hall–Kier alpha value is 0.310. The zero-order chi connectivity index (χ0) is 8.27. The van der Waals surface area contributed by atoms with Gasteiger partial charge in [-0.05, 0) is 20.4 Å². The molecule has 3 nitrogen and oxygen atoms in total. The molecule has 1 fully saturated rings. The average Bonchev–Trinajstić information content (AvgIpc) is 1.93. The Morgan fingerprint density at radius 3 is 2.09 bits per heavy atom. The van der Waals surface area contributed by atoms with Crippen molar-refractivity contribution < 1.29 is 4.62 Å². The molecule has 0 aliphatic carbocycles. The van der Waals surface area contributed by atoms with E-state index in [9.17, 15) is 0 Å². The third kappa shape index (κ3) is 3.48. The molecule has 1 saturated heterocycles. The fourth-order valence-corrected chi connectivity index (χ4v) is 1.73. The zero-order valence-electron chi connectivity index (χ0n) is 7.58. The predicted octanol–water partition coefficient (Wildman–Crippen LogP) is 0.822. The summed E-state index contributed by atoms with van der Waals surface area (Å²) >= 11 is 0. The van der Waals surface area contributed by atoms with Crippen molar-refractivity contribution in [3.05, 3.63) is 0 Å². The lowest BCUT2D eigenvalue weighted by Crippen LogP contribution is -2.43. The molecule has 0 aromatic heterocycles. The molecule has 0 spiro atoms. The van der Waals surface area contributed by atoms with Crippen molar-refractivity contribution in [3.8, 4) is 0 Å². The highest BCUT2D eigenvalue weighted by Crippen LogP contribution is 2.27. The van der Waals surface area contributed by atoms with Crippen molar-refractivity contribution in [1.29, 1.82) is 0 Å². The summed E-state index contributed by atoms with van der Waals surface area (Å²) in [6.45, 7) is 8.63. The molecule has 0 saturated carbocycles. The highest BCUT2D eigenvalue weighted by atomic mass is 31.1. The molecular weight excluding hydrogens is 159 g/mol. The largest absolute Gasteiger partial charge is 0.304 e. The van der Waals surface area contributed by atoms with Gasteiger partial charge in [-0.25, -0.2) is 0 Å². The van der Waals surface area contributed by atoms with Crippen LogP contribution in [0.15, 0.2) is 0 Å². The SMILES string of the molecule is CN1CCN(OP(C)C)CC1. The number of hydrogen-bond acceptors (Lipinski definition) is 3. The molecule has 1 rings (SSSR count). The third-order valence-electron chi connectivity index (χ3n) is 1.74. The summed E-state index contributed by atoms with van der Waals surface area (Å²) in [5.41, 5.74) is 0. The maximum atomic E-state index is 5.61. The van der Waals surface area contributed by atoms with Gasteiger partial charge in [-0.2, -0.15) is 5.06 Å². The van der Waals surface area contributed by atoms with Crippen LogP contribution >= 0.6 is 8.15 Å². The molecule has 0 radical (unpaired) electrons. The Balaban J connectivity index is 2.17. The highest BCUT2D eigenvalue weighted by Gasteiger charge is 2.14. The predicted molar refractivity (Wildman–Crippen MR) is 48.9 cm³/mol. The van der Waals surface area contributed by atoms with Gasteiger partial charge in [-0.3, -0.25) is 4.62 Å². The molecule has 4 heteroatoms. The van der Waals surface area contributed by atoms with Crippen molar-refractivity contribution in [3.63, 3.8) is 0 Å². The summed E-state index contributed by atoms with van der Waals surface area (Å²) in [5.74, 6) is 0. The van der Waals surface area contributed by atoms with Crippen molar-refractivity contribution >= 4 is 8.15 Å². The van der Waals surface area contributed by atoms with Crippen LogP contribution in [0.4, 0.5) is 0 Å². The standard InChI is InChI=1S/C7H17N2OP/c1-8-4-6-9(7-5-8)10-11(2)3/h4-7H2,1-3H3. The van der Waals surface area contributed by atoms with Gasteiger partial charge < -0.3 is 4.90 Å².